The maximum Gasteiger partial charge on any atom is 0.226 e. The highest BCUT2D eigenvalue weighted by molar-refractivity contribution is 7.71. The highest BCUT2D eigenvalue weighted by Gasteiger charge is 2.21. The molecule has 1 aromatic heterocycles. The summed E-state index contributed by atoms with van der Waals surface area (Å²) in [6.07, 6.45) is 2.73. The van der Waals surface area contributed by atoms with Crippen LogP contribution < -0.4 is 4.74 Å². The van der Waals surface area contributed by atoms with Crippen LogP contribution in [0.4, 0.5) is 0 Å². The standard InChI is InChI=1S/C19H18ClN3O3S/c20-15-9-12(10-18(25)23-7-4-13(24)5-8-23)1-2-17(15)26-16-3-6-22-19(27)14(16)11-21/h1-3,6,9,13,24H,4-5,7-8,10H2,(H,22,27). The van der Waals surface area contributed by atoms with Crippen molar-refractivity contribution in [2.24, 2.45) is 0 Å². The molecule has 0 aliphatic carbocycles. The number of rotatable bonds is 4. The molecule has 0 bridgehead atoms. The van der Waals surface area contributed by atoms with Crippen molar-refractivity contribution in [3.8, 4) is 17.6 Å². The molecular weight excluding hydrogens is 386 g/mol. The second-order valence-electron chi connectivity index (χ2n) is 6.31. The number of amides is 1. The number of nitrogens with zero attached hydrogens (tertiary/aromatic N) is 2. The Morgan fingerprint density at radius 3 is 2.78 bits per heavy atom. The van der Waals surface area contributed by atoms with Crippen LogP contribution in [-0.2, 0) is 11.2 Å². The van der Waals surface area contributed by atoms with E-state index in [0.29, 0.717) is 47.1 Å². The third kappa shape index (κ3) is 4.66. The molecule has 0 spiro atoms. The number of likely N-dealkylation sites (tertiary alicyclic amines) is 1. The topological polar surface area (TPSA) is 89.3 Å². The number of nitriles is 1. The van der Waals surface area contributed by atoms with E-state index in [4.69, 9.17) is 28.6 Å². The fraction of sp³-hybridized carbons (Fsp3) is 0.316. The molecule has 2 heterocycles. The van der Waals surface area contributed by atoms with Crippen LogP contribution in [0.15, 0.2) is 30.5 Å². The molecule has 140 valence electrons. The molecule has 0 radical (unpaired) electrons. The summed E-state index contributed by atoms with van der Waals surface area (Å²) >= 11 is 11.4. The fourth-order valence-electron chi connectivity index (χ4n) is 2.91. The molecule has 1 aromatic carbocycles. The maximum atomic E-state index is 12.4. The minimum absolute atomic E-state index is 0.00717. The molecule has 8 heteroatoms. The Labute approximate surface area is 167 Å². The largest absolute Gasteiger partial charge is 0.454 e. The van der Waals surface area contributed by atoms with Crippen LogP contribution in [0, 0.1) is 16.0 Å². The number of piperidine rings is 1. The van der Waals surface area contributed by atoms with E-state index < -0.39 is 0 Å². The number of aliphatic hydroxyl groups excluding tert-OH is 1. The quantitative estimate of drug-likeness (QED) is 0.761. The fourth-order valence-corrected chi connectivity index (χ4v) is 3.36. The Kier molecular flexibility index (Phi) is 6.11. The van der Waals surface area contributed by atoms with Crippen molar-refractivity contribution in [3.63, 3.8) is 0 Å². The maximum absolute atomic E-state index is 12.4. The van der Waals surface area contributed by atoms with Gasteiger partial charge in [0.15, 0.2) is 0 Å². The third-order valence-corrected chi connectivity index (χ3v) is 5.04. The van der Waals surface area contributed by atoms with Crippen molar-refractivity contribution < 1.29 is 14.6 Å². The van der Waals surface area contributed by atoms with E-state index in [2.05, 4.69) is 4.98 Å². The Morgan fingerprint density at radius 2 is 2.11 bits per heavy atom. The lowest BCUT2D eigenvalue weighted by molar-refractivity contribution is -0.132. The minimum Gasteiger partial charge on any atom is -0.454 e. The van der Waals surface area contributed by atoms with E-state index in [1.54, 1.807) is 35.4 Å². The summed E-state index contributed by atoms with van der Waals surface area (Å²) in [7, 11) is 0. The van der Waals surface area contributed by atoms with Gasteiger partial charge in [-0.25, -0.2) is 0 Å². The number of ether oxygens (including phenoxy) is 1. The average Bonchev–Trinajstić information content (AvgIpc) is 2.64. The number of carbonyl (C=O) groups is 1. The van der Waals surface area contributed by atoms with Gasteiger partial charge in [-0.15, -0.1) is 0 Å². The van der Waals surface area contributed by atoms with Crippen LogP contribution in [0.25, 0.3) is 0 Å². The zero-order valence-corrected chi connectivity index (χ0v) is 16.0. The van der Waals surface area contributed by atoms with Gasteiger partial charge in [-0.2, -0.15) is 5.26 Å². The molecule has 0 atom stereocenters. The lowest BCUT2D eigenvalue weighted by atomic mass is 10.1. The predicted molar refractivity (Wildman–Crippen MR) is 103 cm³/mol. The number of hydrogen-bond donors (Lipinski definition) is 2. The summed E-state index contributed by atoms with van der Waals surface area (Å²) in [6.45, 7) is 1.14. The summed E-state index contributed by atoms with van der Waals surface area (Å²) < 4.78 is 6.03. The van der Waals surface area contributed by atoms with Crippen LogP contribution in [-0.4, -0.2) is 40.1 Å². The van der Waals surface area contributed by atoms with Gasteiger partial charge in [0.1, 0.15) is 27.8 Å². The molecule has 1 aliphatic heterocycles. The summed E-state index contributed by atoms with van der Waals surface area (Å²) in [5.74, 6) is 0.706. The first-order chi connectivity index (χ1) is 13.0. The van der Waals surface area contributed by atoms with E-state index >= 15 is 0 Å². The van der Waals surface area contributed by atoms with Crippen LogP contribution in [0.2, 0.25) is 5.02 Å². The van der Waals surface area contributed by atoms with Crippen molar-refractivity contribution >= 4 is 29.7 Å². The number of pyridine rings is 1. The Morgan fingerprint density at radius 1 is 1.37 bits per heavy atom. The van der Waals surface area contributed by atoms with Crippen molar-refractivity contribution in [1.82, 2.24) is 9.88 Å². The van der Waals surface area contributed by atoms with Crippen molar-refractivity contribution in [2.75, 3.05) is 13.1 Å². The van der Waals surface area contributed by atoms with Crippen LogP contribution in [0.5, 0.6) is 11.5 Å². The van der Waals surface area contributed by atoms with E-state index in [1.165, 1.54) is 0 Å². The van der Waals surface area contributed by atoms with Gasteiger partial charge in [0, 0.05) is 19.3 Å². The lowest BCUT2D eigenvalue weighted by Gasteiger charge is -2.29. The van der Waals surface area contributed by atoms with Gasteiger partial charge in [-0.05, 0) is 36.6 Å². The number of hydrogen-bond acceptors (Lipinski definition) is 5. The Balaban J connectivity index is 1.71. The highest BCUT2D eigenvalue weighted by atomic mass is 35.5. The molecule has 1 saturated heterocycles. The highest BCUT2D eigenvalue weighted by Crippen LogP contribution is 2.32. The minimum atomic E-state index is -0.315. The molecule has 1 fully saturated rings. The number of aromatic amines is 1. The van der Waals surface area contributed by atoms with Crippen molar-refractivity contribution in [3.05, 3.63) is 51.3 Å². The first-order valence-corrected chi connectivity index (χ1v) is 9.30. The Hall–Kier alpha value is -2.40. The third-order valence-electron chi connectivity index (χ3n) is 4.42. The normalized spacial score (nSPS) is 14.6. The average molecular weight is 404 g/mol. The van der Waals surface area contributed by atoms with E-state index in [-0.39, 0.29) is 24.0 Å². The first kappa shape index (κ1) is 19.4. The van der Waals surface area contributed by atoms with E-state index in [0.717, 1.165) is 5.56 Å². The summed E-state index contributed by atoms with van der Waals surface area (Å²) in [4.78, 5) is 16.9. The smallest absolute Gasteiger partial charge is 0.226 e. The number of benzene rings is 1. The molecule has 3 rings (SSSR count). The summed E-state index contributed by atoms with van der Waals surface area (Å²) in [6, 6.07) is 8.74. The molecule has 1 aliphatic rings. The molecule has 2 aromatic rings. The van der Waals surface area contributed by atoms with Crippen molar-refractivity contribution in [1.29, 1.82) is 5.26 Å². The second kappa shape index (κ2) is 8.53. The summed E-state index contributed by atoms with van der Waals surface area (Å²) in [5, 5.41) is 19.1. The van der Waals surface area contributed by atoms with Gasteiger partial charge in [0.05, 0.1) is 17.5 Å². The van der Waals surface area contributed by atoms with Gasteiger partial charge < -0.3 is 19.7 Å². The van der Waals surface area contributed by atoms with E-state index in [1.807, 2.05) is 6.07 Å². The van der Waals surface area contributed by atoms with Gasteiger partial charge in [0.2, 0.25) is 5.91 Å². The summed E-state index contributed by atoms with van der Waals surface area (Å²) in [5.41, 5.74) is 1.00. The van der Waals surface area contributed by atoms with Crippen LogP contribution in [0.1, 0.15) is 24.0 Å². The molecule has 6 nitrogen and oxygen atoms in total. The van der Waals surface area contributed by atoms with Crippen LogP contribution >= 0.6 is 23.8 Å². The second-order valence-corrected chi connectivity index (χ2v) is 7.13. The lowest BCUT2D eigenvalue weighted by Crippen LogP contribution is -2.40. The molecule has 2 N–H and O–H groups in total. The SMILES string of the molecule is N#Cc1c(Oc2ccc(CC(=O)N3CCC(O)CC3)cc2Cl)cc[nH]c1=S. The monoisotopic (exact) mass is 403 g/mol. The first-order valence-electron chi connectivity index (χ1n) is 8.52. The van der Waals surface area contributed by atoms with Gasteiger partial charge >= 0.3 is 0 Å². The van der Waals surface area contributed by atoms with Gasteiger partial charge in [0.25, 0.3) is 0 Å². The molecule has 1 amide bonds. The number of H-pyrrole nitrogens is 1. The Bertz CT molecular complexity index is 946. The molecule has 0 saturated carbocycles. The van der Waals surface area contributed by atoms with E-state index in [9.17, 15) is 15.2 Å². The zero-order chi connectivity index (χ0) is 19.4. The number of aromatic nitrogens is 1. The molecule has 27 heavy (non-hydrogen) atoms. The molecular formula is C19H18ClN3O3S. The van der Waals surface area contributed by atoms with Gasteiger partial charge in [-0.3, -0.25) is 4.79 Å². The van der Waals surface area contributed by atoms with Crippen molar-refractivity contribution in [2.45, 2.75) is 25.4 Å². The zero-order valence-electron chi connectivity index (χ0n) is 14.4. The number of halogens is 1. The van der Waals surface area contributed by atoms with Crippen LogP contribution in [0.3, 0.4) is 0 Å². The molecule has 0 unspecified atom stereocenters. The number of nitrogens with one attached hydrogen (secondary N) is 1. The van der Waals surface area contributed by atoms with Gasteiger partial charge in [-0.1, -0.05) is 29.9 Å². The number of aliphatic hydroxyl groups is 1. The number of carbonyl (C=O) groups excluding carboxylic acids is 1. The predicted octanol–water partition coefficient (Wildman–Crippen LogP) is 3.59.